The van der Waals surface area contributed by atoms with Gasteiger partial charge >= 0.3 is 0 Å². The van der Waals surface area contributed by atoms with E-state index in [1.807, 2.05) is 55.5 Å². The molecule has 2 N–H and O–H groups in total. The maximum absolute atomic E-state index is 12.8. The number of ketones is 2. The molecule has 152 valence electrons. The number of Topliss-reactive ketones (excluding diaryl/α,β-unsaturated/α-hetero) is 2. The van der Waals surface area contributed by atoms with Gasteiger partial charge in [0.1, 0.15) is 5.78 Å². The van der Waals surface area contributed by atoms with Crippen LogP contribution in [0.2, 0.25) is 0 Å². The summed E-state index contributed by atoms with van der Waals surface area (Å²) in [4.78, 5) is 25.4. The number of nitrogens with one attached hydrogen (secondary N) is 1. The minimum absolute atomic E-state index is 0.100. The lowest BCUT2D eigenvalue weighted by Crippen LogP contribution is -2.48. The Hall–Kier alpha value is -2.24. The van der Waals surface area contributed by atoms with Crippen LogP contribution in [0.15, 0.2) is 64.3 Å². The predicted octanol–water partition coefficient (Wildman–Crippen LogP) is 5.16. The molecule has 0 aliphatic heterocycles. The SMILES string of the molecule is CC(=O)C1=C(Nc2ccc(Br)cc2)C[C@](C)(O)[C@H](C(C)=O)[C@@H]1c1ccc(C)cc1. The highest BCUT2D eigenvalue weighted by molar-refractivity contribution is 9.10. The average molecular weight is 456 g/mol. The van der Waals surface area contributed by atoms with Crippen molar-refractivity contribution in [3.8, 4) is 0 Å². The zero-order valence-corrected chi connectivity index (χ0v) is 18.7. The van der Waals surface area contributed by atoms with E-state index >= 15 is 0 Å². The molecule has 1 aliphatic rings. The van der Waals surface area contributed by atoms with E-state index in [-0.39, 0.29) is 18.0 Å². The van der Waals surface area contributed by atoms with Crippen molar-refractivity contribution in [1.82, 2.24) is 0 Å². The van der Waals surface area contributed by atoms with E-state index in [2.05, 4.69) is 21.2 Å². The number of rotatable bonds is 5. The van der Waals surface area contributed by atoms with Gasteiger partial charge in [0.05, 0.1) is 11.5 Å². The number of carbonyl (C=O) groups excluding carboxylic acids is 2. The lowest BCUT2D eigenvalue weighted by Gasteiger charge is -2.43. The fourth-order valence-corrected chi connectivity index (χ4v) is 4.60. The summed E-state index contributed by atoms with van der Waals surface area (Å²) in [6, 6.07) is 15.4. The highest BCUT2D eigenvalue weighted by Gasteiger charge is 2.49. The van der Waals surface area contributed by atoms with Crippen LogP contribution in [0.25, 0.3) is 0 Å². The van der Waals surface area contributed by atoms with Crippen molar-refractivity contribution >= 4 is 33.2 Å². The summed E-state index contributed by atoms with van der Waals surface area (Å²) in [6.45, 7) is 6.69. The summed E-state index contributed by atoms with van der Waals surface area (Å²) in [5, 5.41) is 14.6. The Morgan fingerprint density at radius 2 is 1.66 bits per heavy atom. The van der Waals surface area contributed by atoms with Crippen molar-refractivity contribution in [2.75, 3.05) is 5.32 Å². The molecule has 0 bridgehead atoms. The zero-order chi connectivity index (χ0) is 21.3. The normalized spacial score (nSPS) is 24.3. The van der Waals surface area contributed by atoms with Crippen LogP contribution in [-0.2, 0) is 9.59 Å². The molecule has 3 rings (SSSR count). The maximum Gasteiger partial charge on any atom is 0.158 e. The van der Waals surface area contributed by atoms with E-state index in [1.54, 1.807) is 6.92 Å². The number of aryl methyl sites for hydroxylation is 1. The van der Waals surface area contributed by atoms with Gasteiger partial charge in [-0.05, 0) is 57.5 Å². The standard InChI is InChI=1S/C24H26BrNO3/c1-14-5-7-17(8-6-14)22-21(15(2)27)20(13-24(4,29)23(22)16(3)28)26-19-11-9-18(25)10-12-19/h5-12,22-23,26,29H,13H2,1-4H3/t22-,23-,24+/m1/s1. The Morgan fingerprint density at radius 1 is 1.07 bits per heavy atom. The van der Waals surface area contributed by atoms with E-state index in [0.717, 1.165) is 21.3 Å². The quantitative estimate of drug-likeness (QED) is 0.653. The van der Waals surface area contributed by atoms with Crippen molar-refractivity contribution in [3.63, 3.8) is 0 Å². The van der Waals surface area contributed by atoms with E-state index < -0.39 is 17.4 Å². The second-order valence-corrected chi connectivity index (χ2v) is 9.01. The Kier molecular flexibility index (Phi) is 6.11. The first-order valence-electron chi connectivity index (χ1n) is 9.66. The molecule has 0 unspecified atom stereocenters. The Bertz CT molecular complexity index is 959. The van der Waals surface area contributed by atoms with Gasteiger partial charge in [0, 0.05) is 33.8 Å². The van der Waals surface area contributed by atoms with Gasteiger partial charge in [-0.15, -0.1) is 0 Å². The third-order valence-electron chi connectivity index (χ3n) is 5.57. The molecule has 0 aromatic heterocycles. The molecule has 0 radical (unpaired) electrons. The van der Waals surface area contributed by atoms with Gasteiger partial charge in [-0.2, -0.15) is 0 Å². The molecule has 2 aromatic carbocycles. The number of hydrogen-bond donors (Lipinski definition) is 2. The maximum atomic E-state index is 12.8. The van der Waals surface area contributed by atoms with Gasteiger partial charge in [-0.3, -0.25) is 9.59 Å². The van der Waals surface area contributed by atoms with Gasteiger partial charge in [-0.25, -0.2) is 0 Å². The molecular formula is C24H26BrNO3. The fourth-order valence-electron chi connectivity index (χ4n) is 4.33. The highest BCUT2D eigenvalue weighted by Crippen LogP contribution is 2.47. The Morgan fingerprint density at radius 3 is 2.17 bits per heavy atom. The molecule has 0 saturated heterocycles. The summed E-state index contributed by atoms with van der Waals surface area (Å²) >= 11 is 3.42. The monoisotopic (exact) mass is 455 g/mol. The molecule has 5 heteroatoms. The van der Waals surface area contributed by atoms with Gasteiger partial charge < -0.3 is 10.4 Å². The molecule has 29 heavy (non-hydrogen) atoms. The summed E-state index contributed by atoms with van der Waals surface area (Å²) < 4.78 is 0.952. The molecule has 0 amide bonds. The summed E-state index contributed by atoms with van der Waals surface area (Å²) in [5.41, 5.74) is 2.71. The number of benzene rings is 2. The van der Waals surface area contributed by atoms with Crippen LogP contribution >= 0.6 is 15.9 Å². The first kappa shape index (κ1) is 21.5. The van der Waals surface area contributed by atoms with Crippen molar-refractivity contribution in [1.29, 1.82) is 0 Å². The number of halogens is 1. The smallest absolute Gasteiger partial charge is 0.158 e. The summed E-state index contributed by atoms with van der Waals surface area (Å²) in [7, 11) is 0. The number of allylic oxidation sites excluding steroid dienone is 1. The molecule has 0 saturated carbocycles. The third kappa shape index (κ3) is 4.51. The van der Waals surface area contributed by atoms with Crippen LogP contribution in [0.3, 0.4) is 0 Å². The van der Waals surface area contributed by atoms with Crippen LogP contribution in [0, 0.1) is 12.8 Å². The first-order chi connectivity index (χ1) is 13.6. The van der Waals surface area contributed by atoms with Crippen molar-refractivity contribution < 1.29 is 14.7 Å². The van der Waals surface area contributed by atoms with Crippen LogP contribution in [-0.4, -0.2) is 22.3 Å². The highest BCUT2D eigenvalue weighted by atomic mass is 79.9. The van der Waals surface area contributed by atoms with Crippen LogP contribution in [0.1, 0.15) is 44.2 Å². The molecule has 0 heterocycles. The Balaban J connectivity index is 2.19. The van der Waals surface area contributed by atoms with E-state index in [4.69, 9.17) is 0 Å². The van der Waals surface area contributed by atoms with Crippen LogP contribution < -0.4 is 5.32 Å². The Labute approximate surface area is 180 Å². The zero-order valence-electron chi connectivity index (χ0n) is 17.1. The summed E-state index contributed by atoms with van der Waals surface area (Å²) in [6.07, 6.45) is 0.199. The van der Waals surface area contributed by atoms with Crippen molar-refractivity contribution in [3.05, 3.63) is 75.4 Å². The van der Waals surface area contributed by atoms with Gasteiger partial charge in [0.2, 0.25) is 0 Å². The molecule has 0 spiro atoms. The average Bonchev–Trinajstić information content (AvgIpc) is 2.62. The van der Waals surface area contributed by atoms with Crippen LogP contribution in [0.4, 0.5) is 5.69 Å². The predicted molar refractivity (Wildman–Crippen MR) is 119 cm³/mol. The van der Waals surface area contributed by atoms with Crippen LogP contribution in [0.5, 0.6) is 0 Å². The lowest BCUT2D eigenvalue weighted by molar-refractivity contribution is -0.131. The van der Waals surface area contributed by atoms with E-state index in [9.17, 15) is 14.7 Å². The minimum atomic E-state index is -1.28. The molecular weight excluding hydrogens is 430 g/mol. The number of hydrogen-bond acceptors (Lipinski definition) is 4. The fraction of sp³-hybridized carbons (Fsp3) is 0.333. The topological polar surface area (TPSA) is 66.4 Å². The second-order valence-electron chi connectivity index (χ2n) is 8.09. The molecule has 2 aromatic rings. The minimum Gasteiger partial charge on any atom is -0.389 e. The number of carbonyl (C=O) groups is 2. The molecule has 3 atom stereocenters. The first-order valence-corrected chi connectivity index (χ1v) is 10.5. The second kappa shape index (κ2) is 8.25. The lowest BCUT2D eigenvalue weighted by atomic mass is 9.64. The number of aliphatic hydroxyl groups is 1. The van der Waals surface area contributed by atoms with E-state index in [1.165, 1.54) is 13.8 Å². The molecule has 0 fully saturated rings. The van der Waals surface area contributed by atoms with Gasteiger partial charge in [0.25, 0.3) is 0 Å². The summed E-state index contributed by atoms with van der Waals surface area (Å²) in [5.74, 6) is -1.43. The third-order valence-corrected chi connectivity index (χ3v) is 6.10. The number of anilines is 1. The van der Waals surface area contributed by atoms with Crippen molar-refractivity contribution in [2.24, 2.45) is 5.92 Å². The molecule has 1 aliphatic carbocycles. The van der Waals surface area contributed by atoms with E-state index in [0.29, 0.717) is 11.3 Å². The largest absolute Gasteiger partial charge is 0.389 e. The molecule has 4 nitrogen and oxygen atoms in total. The van der Waals surface area contributed by atoms with Gasteiger partial charge in [0.15, 0.2) is 5.78 Å². The van der Waals surface area contributed by atoms with Crippen molar-refractivity contribution in [2.45, 2.75) is 45.6 Å². The van der Waals surface area contributed by atoms with Gasteiger partial charge in [-0.1, -0.05) is 45.8 Å².